The van der Waals surface area contributed by atoms with Crippen LogP contribution in [-0.4, -0.2) is 29.9 Å². The van der Waals surface area contributed by atoms with E-state index in [4.69, 9.17) is 0 Å². The van der Waals surface area contributed by atoms with Gasteiger partial charge in [-0.1, -0.05) is 0 Å². The Bertz CT molecular complexity index is 422. The Morgan fingerprint density at radius 1 is 1.40 bits per heavy atom. The van der Waals surface area contributed by atoms with E-state index in [1.54, 1.807) is 11.3 Å². The zero-order valence-corrected chi connectivity index (χ0v) is 12.8. The molecule has 0 radical (unpaired) electrons. The summed E-state index contributed by atoms with van der Waals surface area (Å²) >= 11 is 1.72. The standard InChI is InChI=1S/C16H24N2OS/c19-16(6-3-13-2-1-8-17-10-13)18(15-4-5-15)11-14-7-9-20-12-14/h7,9,12-13,15,17H,1-6,8,10-11H2. The lowest BCUT2D eigenvalue weighted by atomic mass is 9.94. The second kappa shape index (κ2) is 6.72. The fraction of sp³-hybridized carbons (Fsp3) is 0.688. The number of thiophene rings is 1. The van der Waals surface area contributed by atoms with Crippen molar-refractivity contribution in [3.8, 4) is 0 Å². The Kier molecular flexibility index (Phi) is 4.73. The number of nitrogens with one attached hydrogen (secondary N) is 1. The number of hydrogen-bond donors (Lipinski definition) is 1. The third-order valence-corrected chi connectivity index (χ3v) is 5.14. The fourth-order valence-corrected chi connectivity index (χ4v) is 3.69. The molecule has 1 amide bonds. The molecule has 1 aliphatic carbocycles. The van der Waals surface area contributed by atoms with Crippen molar-refractivity contribution < 1.29 is 4.79 Å². The van der Waals surface area contributed by atoms with Crippen LogP contribution < -0.4 is 5.32 Å². The number of hydrogen-bond acceptors (Lipinski definition) is 3. The van der Waals surface area contributed by atoms with Crippen LogP contribution in [0.1, 0.15) is 44.1 Å². The molecule has 1 saturated heterocycles. The molecular weight excluding hydrogens is 268 g/mol. The molecule has 3 rings (SSSR count). The molecule has 20 heavy (non-hydrogen) atoms. The smallest absolute Gasteiger partial charge is 0.223 e. The average Bonchev–Trinajstić information content (AvgIpc) is 3.20. The lowest BCUT2D eigenvalue weighted by Gasteiger charge is -2.25. The largest absolute Gasteiger partial charge is 0.335 e. The van der Waals surface area contributed by atoms with Gasteiger partial charge in [0, 0.05) is 19.0 Å². The Balaban J connectivity index is 1.50. The third-order valence-electron chi connectivity index (χ3n) is 4.41. The van der Waals surface area contributed by atoms with E-state index >= 15 is 0 Å². The Hall–Kier alpha value is -0.870. The average molecular weight is 292 g/mol. The first-order valence-electron chi connectivity index (χ1n) is 7.84. The molecule has 0 aromatic carbocycles. The highest BCUT2D eigenvalue weighted by Gasteiger charge is 2.32. The summed E-state index contributed by atoms with van der Waals surface area (Å²) in [4.78, 5) is 14.6. The van der Waals surface area contributed by atoms with Crippen molar-refractivity contribution in [2.75, 3.05) is 13.1 Å². The van der Waals surface area contributed by atoms with E-state index < -0.39 is 0 Å². The summed E-state index contributed by atoms with van der Waals surface area (Å²) in [5.41, 5.74) is 1.29. The molecule has 1 unspecified atom stereocenters. The van der Waals surface area contributed by atoms with Gasteiger partial charge in [0.2, 0.25) is 5.91 Å². The van der Waals surface area contributed by atoms with Gasteiger partial charge >= 0.3 is 0 Å². The Morgan fingerprint density at radius 3 is 2.95 bits per heavy atom. The van der Waals surface area contributed by atoms with E-state index in [1.807, 2.05) is 0 Å². The minimum atomic E-state index is 0.365. The van der Waals surface area contributed by atoms with Crippen LogP contribution in [0, 0.1) is 5.92 Å². The van der Waals surface area contributed by atoms with Crippen molar-refractivity contribution in [3.63, 3.8) is 0 Å². The van der Waals surface area contributed by atoms with Crippen LogP contribution in [0.25, 0.3) is 0 Å². The Morgan fingerprint density at radius 2 is 2.30 bits per heavy atom. The third kappa shape index (κ3) is 3.83. The molecule has 1 aliphatic heterocycles. The highest BCUT2D eigenvalue weighted by Crippen LogP contribution is 2.30. The first-order chi connectivity index (χ1) is 9.83. The van der Waals surface area contributed by atoms with Gasteiger partial charge in [-0.2, -0.15) is 11.3 Å². The molecule has 1 aromatic rings. The van der Waals surface area contributed by atoms with Gasteiger partial charge in [0.15, 0.2) is 0 Å². The molecule has 0 spiro atoms. The minimum absolute atomic E-state index is 0.365. The highest BCUT2D eigenvalue weighted by atomic mass is 32.1. The fourth-order valence-electron chi connectivity index (χ4n) is 3.03. The van der Waals surface area contributed by atoms with Gasteiger partial charge in [-0.3, -0.25) is 4.79 Å². The van der Waals surface area contributed by atoms with Crippen molar-refractivity contribution in [2.24, 2.45) is 5.92 Å². The summed E-state index contributed by atoms with van der Waals surface area (Å²) in [7, 11) is 0. The number of carbonyl (C=O) groups is 1. The highest BCUT2D eigenvalue weighted by molar-refractivity contribution is 7.07. The zero-order valence-electron chi connectivity index (χ0n) is 12.0. The van der Waals surface area contributed by atoms with Crippen molar-refractivity contribution >= 4 is 17.2 Å². The van der Waals surface area contributed by atoms with E-state index in [9.17, 15) is 4.79 Å². The lowest BCUT2D eigenvalue weighted by Crippen LogP contribution is -2.34. The van der Waals surface area contributed by atoms with Crippen molar-refractivity contribution in [1.82, 2.24) is 10.2 Å². The summed E-state index contributed by atoms with van der Waals surface area (Å²) in [5.74, 6) is 1.07. The summed E-state index contributed by atoms with van der Waals surface area (Å²) in [6, 6.07) is 2.66. The number of carbonyl (C=O) groups excluding carboxylic acids is 1. The van der Waals surface area contributed by atoms with Gasteiger partial charge in [0.05, 0.1) is 0 Å². The van der Waals surface area contributed by atoms with Crippen LogP contribution in [-0.2, 0) is 11.3 Å². The monoisotopic (exact) mass is 292 g/mol. The van der Waals surface area contributed by atoms with Crippen molar-refractivity contribution in [2.45, 2.75) is 51.1 Å². The van der Waals surface area contributed by atoms with E-state index in [0.29, 0.717) is 17.9 Å². The molecule has 1 saturated carbocycles. The maximum Gasteiger partial charge on any atom is 0.223 e. The molecule has 4 heteroatoms. The molecule has 110 valence electrons. The molecule has 3 nitrogen and oxygen atoms in total. The predicted molar refractivity (Wildman–Crippen MR) is 82.7 cm³/mol. The van der Waals surface area contributed by atoms with E-state index in [2.05, 4.69) is 27.0 Å². The maximum atomic E-state index is 12.5. The number of amides is 1. The lowest BCUT2D eigenvalue weighted by molar-refractivity contribution is -0.132. The number of rotatable bonds is 6. The first-order valence-corrected chi connectivity index (χ1v) is 8.78. The first kappa shape index (κ1) is 14.1. The molecule has 1 atom stereocenters. The minimum Gasteiger partial charge on any atom is -0.335 e. The van der Waals surface area contributed by atoms with Crippen molar-refractivity contribution in [1.29, 1.82) is 0 Å². The molecular formula is C16H24N2OS. The quantitative estimate of drug-likeness (QED) is 0.874. The van der Waals surface area contributed by atoms with Gasteiger partial charge < -0.3 is 10.2 Å². The van der Waals surface area contributed by atoms with Crippen LogP contribution in [0.4, 0.5) is 0 Å². The second-order valence-corrected chi connectivity index (χ2v) is 6.92. The summed E-state index contributed by atoms with van der Waals surface area (Å²) in [6.07, 6.45) is 6.72. The zero-order chi connectivity index (χ0) is 13.8. The molecule has 2 fully saturated rings. The predicted octanol–water partition coefficient (Wildman–Crippen LogP) is 3.02. The van der Waals surface area contributed by atoms with E-state index in [1.165, 1.54) is 31.2 Å². The maximum absolute atomic E-state index is 12.5. The van der Waals surface area contributed by atoms with Crippen LogP contribution >= 0.6 is 11.3 Å². The number of piperidine rings is 1. The number of nitrogens with zero attached hydrogens (tertiary/aromatic N) is 1. The summed E-state index contributed by atoms with van der Waals surface area (Å²) in [6.45, 7) is 3.06. The topological polar surface area (TPSA) is 32.3 Å². The molecule has 1 aromatic heterocycles. The van der Waals surface area contributed by atoms with Gasteiger partial charge in [0.25, 0.3) is 0 Å². The van der Waals surface area contributed by atoms with Gasteiger partial charge in [-0.05, 0) is 73.5 Å². The summed E-state index contributed by atoms with van der Waals surface area (Å²) in [5, 5.41) is 7.69. The molecule has 1 N–H and O–H groups in total. The van der Waals surface area contributed by atoms with E-state index in [-0.39, 0.29) is 0 Å². The molecule has 2 aliphatic rings. The van der Waals surface area contributed by atoms with Crippen LogP contribution in [0.3, 0.4) is 0 Å². The van der Waals surface area contributed by atoms with Gasteiger partial charge in [-0.15, -0.1) is 0 Å². The molecule has 2 heterocycles. The van der Waals surface area contributed by atoms with Crippen molar-refractivity contribution in [3.05, 3.63) is 22.4 Å². The van der Waals surface area contributed by atoms with Gasteiger partial charge in [0.1, 0.15) is 0 Å². The van der Waals surface area contributed by atoms with E-state index in [0.717, 1.165) is 32.5 Å². The Labute approximate surface area is 125 Å². The second-order valence-electron chi connectivity index (χ2n) is 6.14. The van der Waals surface area contributed by atoms with Crippen LogP contribution in [0.15, 0.2) is 16.8 Å². The summed E-state index contributed by atoms with van der Waals surface area (Å²) < 4.78 is 0. The normalized spacial score (nSPS) is 22.7. The molecule has 0 bridgehead atoms. The SMILES string of the molecule is O=C(CCC1CCCNC1)N(Cc1ccsc1)C1CC1. The van der Waals surface area contributed by atoms with Crippen LogP contribution in [0.2, 0.25) is 0 Å². The van der Waals surface area contributed by atoms with Crippen LogP contribution in [0.5, 0.6) is 0 Å². The van der Waals surface area contributed by atoms with Gasteiger partial charge in [-0.25, -0.2) is 0 Å².